The molecule has 0 radical (unpaired) electrons. The summed E-state index contributed by atoms with van der Waals surface area (Å²) in [6.45, 7) is 1.13. The SMILES string of the molecule is CC(=O)NS(=O)(=O)c1ccccn1. The van der Waals surface area contributed by atoms with Crippen LogP contribution in [0.15, 0.2) is 29.4 Å². The molecule has 0 saturated heterocycles. The smallest absolute Gasteiger partial charge is 0.274 e. The topological polar surface area (TPSA) is 76.1 Å². The van der Waals surface area contributed by atoms with Gasteiger partial charge in [-0.2, -0.15) is 8.42 Å². The highest BCUT2D eigenvalue weighted by Gasteiger charge is 2.15. The third-order valence-electron chi connectivity index (χ3n) is 1.19. The number of hydrogen-bond donors (Lipinski definition) is 1. The molecule has 70 valence electrons. The van der Waals surface area contributed by atoms with E-state index in [9.17, 15) is 13.2 Å². The van der Waals surface area contributed by atoms with Crippen molar-refractivity contribution in [3.05, 3.63) is 24.4 Å². The highest BCUT2D eigenvalue weighted by atomic mass is 32.2. The van der Waals surface area contributed by atoms with Crippen molar-refractivity contribution >= 4 is 15.9 Å². The van der Waals surface area contributed by atoms with E-state index in [4.69, 9.17) is 0 Å². The van der Waals surface area contributed by atoms with Gasteiger partial charge in [-0.1, -0.05) is 6.07 Å². The number of pyridine rings is 1. The molecule has 0 aliphatic heterocycles. The Balaban J connectivity index is 3.02. The first kappa shape index (κ1) is 9.66. The molecule has 0 unspecified atom stereocenters. The molecule has 1 aromatic heterocycles. The zero-order valence-corrected chi connectivity index (χ0v) is 7.71. The summed E-state index contributed by atoms with van der Waals surface area (Å²) < 4.78 is 24.3. The summed E-state index contributed by atoms with van der Waals surface area (Å²) in [6.07, 6.45) is 1.34. The van der Waals surface area contributed by atoms with Crippen LogP contribution in [0.25, 0.3) is 0 Å². The zero-order valence-electron chi connectivity index (χ0n) is 6.89. The molecule has 0 bridgehead atoms. The first-order valence-corrected chi connectivity index (χ1v) is 4.95. The number of nitrogens with one attached hydrogen (secondary N) is 1. The molecule has 0 atom stereocenters. The maximum absolute atomic E-state index is 11.2. The van der Waals surface area contributed by atoms with Crippen molar-refractivity contribution in [2.45, 2.75) is 11.9 Å². The first-order chi connectivity index (χ1) is 6.02. The summed E-state index contributed by atoms with van der Waals surface area (Å²) >= 11 is 0. The Morgan fingerprint density at radius 2 is 2.15 bits per heavy atom. The van der Waals surface area contributed by atoms with Crippen molar-refractivity contribution in [3.63, 3.8) is 0 Å². The van der Waals surface area contributed by atoms with Crippen molar-refractivity contribution in [2.24, 2.45) is 0 Å². The van der Waals surface area contributed by atoms with Gasteiger partial charge in [0, 0.05) is 13.1 Å². The fraction of sp³-hybridized carbons (Fsp3) is 0.143. The van der Waals surface area contributed by atoms with Gasteiger partial charge in [-0.3, -0.25) is 4.79 Å². The van der Waals surface area contributed by atoms with Gasteiger partial charge in [-0.25, -0.2) is 9.71 Å². The van der Waals surface area contributed by atoms with Crippen molar-refractivity contribution in [3.8, 4) is 0 Å². The molecule has 1 aromatic rings. The first-order valence-electron chi connectivity index (χ1n) is 3.47. The van der Waals surface area contributed by atoms with Gasteiger partial charge >= 0.3 is 0 Å². The quantitative estimate of drug-likeness (QED) is 0.723. The number of amides is 1. The second-order valence-corrected chi connectivity index (χ2v) is 3.96. The van der Waals surface area contributed by atoms with Gasteiger partial charge in [0.25, 0.3) is 10.0 Å². The number of rotatable bonds is 2. The van der Waals surface area contributed by atoms with Crippen LogP contribution in [0.5, 0.6) is 0 Å². The Hall–Kier alpha value is -1.43. The second kappa shape index (κ2) is 3.53. The van der Waals surface area contributed by atoms with E-state index in [0.717, 1.165) is 6.92 Å². The van der Waals surface area contributed by atoms with E-state index in [1.807, 2.05) is 0 Å². The van der Waals surface area contributed by atoms with Crippen LogP contribution in [-0.4, -0.2) is 19.3 Å². The number of hydrogen-bond acceptors (Lipinski definition) is 4. The molecule has 6 heteroatoms. The molecule has 0 aliphatic carbocycles. The largest absolute Gasteiger partial charge is 0.281 e. The molecule has 0 fully saturated rings. The van der Waals surface area contributed by atoms with Crippen LogP contribution in [0.3, 0.4) is 0 Å². The number of nitrogens with zero attached hydrogens (tertiary/aromatic N) is 1. The summed E-state index contributed by atoms with van der Waals surface area (Å²) in [5, 5.41) is -0.162. The Labute approximate surface area is 75.9 Å². The minimum atomic E-state index is -3.77. The van der Waals surface area contributed by atoms with Crippen molar-refractivity contribution in [2.75, 3.05) is 0 Å². The molecule has 0 aliphatic rings. The van der Waals surface area contributed by atoms with Gasteiger partial charge in [0.1, 0.15) is 0 Å². The molecule has 1 heterocycles. The van der Waals surface area contributed by atoms with Crippen LogP contribution in [0.4, 0.5) is 0 Å². The number of carbonyl (C=O) groups excluding carboxylic acids is 1. The minimum absolute atomic E-state index is 0.162. The average molecular weight is 200 g/mol. The third kappa shape index (κ3) is 2.51. The van der Waals surface area contributed by atoms with Gasteiger partial charge in [-0.15, -0.1) is 0 Å². The van der Waals surface area contributed by atoms with E-state index in [0.29, 0.717) is 0 Å². The van der Waals surface area contributed by atoms with Gasteiger partial charge in [0.15, 0.2) is 5.03 Å². The van der Waals surface area contributed by atoms with E-state index < -0.39 is 15.9 Å². The fourth-order valence-corrected chi connectivity index (χ4v) is 1.69. The normalized spacial score (nSPS) is 10.8. The van der Waals surface area contributed by atoms with Crippen LogP contribution in [-0.2, 0) is 14.8 Å². The molecule has 1 N–H and O–H groups in total. The summed E-state index contributed by atoms with van der Waals surface area (Å²) in [7, 11) is -3.77. The lowest BCUT2D eigenvalue weighted by Gasteiger charge is -2.01. The highest BCUT2D eigenvalue weighted by Crippen LogP contribution is 2.01. The molecule has 0 aromatic carbocycles. The van der Waals surface area contributed by atoms with E-state index in [1.54, 1.807) is 10.8 Å². The maximum atomic E-state index is 11.2. The van der Waals surface area contributed by atoms with E-state index >= 15 is 0 Å². The van der Waals surface area contributed by atoms with Crippen molar-refractivity contribution in [1.82, 2.24) is 9.71 Å². The highest BCUT2D eigenvalue weighted by molar-refractivity contribution is 7.90. The molecule has 13 heavy (non-hydrogen) atoms. The maximum Gasteiger partial charge on any atom is 0.281 e. The Morgan fingerprint density at radius 3 is 2.62 bits per heavy atom. The molecule has 0 saturated carbocycles. The molecular formula is C7H8N2O3S. The van der Waals surface area contributed by atoms with Crippen molar-refractivity contribution in [1.29, 1.82) is 0 Å². The van der Waals surface area contributed by atoms with Crippen LogP contribution < -0.4 is 4.72 Å². The Morgan fingerprint density at radius 1 is 1.46 bits per heavy atom. The Kier molecular flexibility index (Phi) is 2.62. The number of sulfonamides is 1. The summed E-state index contributed by atoms with van der Waals surface area (Å²) in [4.78, 5) is 14.1. The Bertz CT molecular complexity index is 399. The average Bonchev–Trinajstić information content (AvgIpc) is 2.04. The van der Waals surface area contributed by atoms with Gasteiger partial charge in [-0.05, 0) is 12.1 Å². The fourth-order valence-electron chi connectivity index (χ4n) is 0.748. The van der Waals surface area contributed by atoms with Gasteiger partial charge < -0.3 is 0 Å². The second-order valence-electron chi connectivity index (χ2n) is 2.33. The molecule has 5 nitrogen and oxygen atoms in total. The van der Waals surface area contributed by atoms with E-state index in [-0.39, 0.29) is 5.03 Å². The van der Waals surface area contributed by atoms with Gasteiger partial charge in [0.2, 0.25) is 5.91 Å². The monoisotopic (exact) mass is 200 g/mol. The van der Waals surface area contributed by atoms with E-state index in [1.165, 1.54) is 18.3 Å². The molecule has 0 spiro atoms. The molecular weight excluding hydrogens is 192 g/mol. The minimum Gasteiger partial charge on any atom is -0.274 e. The summed E-state index contributed by atoms with van der Waals surface area (Å²) in [6, 6.07) is 4.43. The van der Waals surface area contributed by atoms with Crippen LogP contribution in [0.2, 0.25) is 0 Å². The summed E-state index contributed by atoms with van der Waals surface area (Å²) in [5.41, 5.74) is 0. The van der Waals surface area contributed by atoms with E-state index in [2.05, 4.69) is 4.98 Å². The van der Waals surface area contributed by atoms with Crippen LogP contribution in [0, 0.1) is 0 Å². The van der Waals surface area contributed by atoms with Crippen LogP contribution in [0.1, 0.15) is 6.92 Å². The van der Waals surface area contributed by atoms with Crippen molar-refractivity contribution < 1.29 is 13.2 Å². The number of aromatic nitrogens is 1. The van der Waals surface area contributed by atoms with Gasteiger partial charge in [0.05, 0.1) is 0 Å². The zero-order chi connectivity index (χ0) is 9.90. The lowest BCUT2D eigenvalue weighted by atomic mass is 10.5. The predicted molar refractivity (Wildman–Crippen MR) is 45.2 cm³/mol. The lowest BCUT2D eigenvalue weighted by molar-refractivity contribution is -0.117. The molecule has 1 amide bonds. The lowest BCUT2D eigenvalue weighted by Crippen LogP contribution is -2.28. The standard InChI is InChI=1S/C7H8N2O3S/c1-6(10)9-13(11,12)7-4-2-3-5-8-7/h2-5H,1H3,(H,9,10). The predicted octanol–water partition coefficient (Wildman–Crippen LogP) is -0.0936. The number of carbonyl (C=O) groups is 1. The summed E-state index contributed by atoms with van der Waals surface area (Å²) in [5.74, 6) is -0.634. The van der Waals surface area contributed by atoms with Crippen LogP contribution >= 0.6 is 0 Å². The molecule has 1 rings (SSSR count). The third-order valence-corrected chi connectivity index (χ3v) is 2.54.